The number of para-hydroxylation sites is 1. The van der Waals surface area contributed by atoms with E-state index in [1.54, 1.807) is 12.1 Å². The standard InChI is InChI=1S/C18H22ClN3O2S/c1-12-6-5-7-13(2)21(12)17(24)11-25-18-20-10-16(23)22(18)15-9-4-3-8-14(15)19/h3-4,8-9,12-13H,5-7,10-11H2,1-2H3/t12-,13+. The Kier molecular flexibility index (Phi) is 5.69. The van der Waals surface area contributed by atoms with E-state index in [2.05, 4.69) is 18.8 Å². The van der Waals surface area contributed by atoms with E-state index < -0.39 is 0 Å². The number of rotatable bonds is 3. The van der Waals surface area contributed by atoms with Gasteiger partial charge in [0.05, 0.1) is 16.5 Å². The summed E-state index contributed by atoms with van der Waals surface area (Å²) >= 11 is 7.53. The molecule has 3 rings (SSSR count). The van der Waals surface area contributed by atoms with Crippen molar-refractivity contribution in [2.45, 2.75) is 45.2 Å². The third kappa shape index (κ3) is 3.85. The monoisotopic (exact) mass is 379 g/mol. The van der Waals surface area contributed by atoms with E-state index in [4.69, 9.17) is 11.6 Å². The van der Waals surface area contributed by atoms with Crippen LogP contribution in [-0.2, 0) is 9.59 Å². The second-order valence-electron chi connectivity index (χ2n) is 6.50. The fraction of sp³-hybridized carbons (Fsp3) is 0.500. The zero-order chi connectivity index (χ0) is 18.0. The first-order valence-corrected chi connectivity index (χ1v) is 9.91. The molecule has 0 aromatic heterocycles. The average molecular weight is 380 g/mol. The lowest BCUT2D eigenvalue weighted by atomic mass is 9.98. The van der Waals surface area contributed by atoms with Crippen molar-refractivity contribution in [1.82, 2.24) is 4.90 Å². The quantitative estimate of drug-likeness (QED) is 0.806. The summed E-state index contributed by atoms with van der Waals surface area (Å²) in [6.07, 6.45) is 3.26. The third-order valence-corrected chi connectivity index (χ3v) is 5.97. The van der Waals surface area contributed by atoms with Crippen LogP contribution in [-0.4, -0.2) is 46.3 Å². The van der Waals surface area contributed by atoms with Crippen LogP contribution >= 0.6 is 23.4 Å². The molecule has 0 radical (unpaired) electrons. The molecule has 7 heteroatoms. The Morgan fingerprint density at radius 2 is 1.96 bits per heavy atom. The number of thioether (sulfide) groups is 1. The largest absolute Gasteiger partial charge is 0.337 e. The van der Waals surface area contributed by atoms with E-state index in [9.17, 15) is 9.59 Å². The summed E-state index contributed by atoms with van der Waals surface area (Å²) in [4.78, 5) is 32.7. The van der Waals surface area contributed by atoms with Gasteiger partial charge < -0.3 is 4.90 Å². The van der Waals surface area contributed by atoms with Gasteiger partial charge in [0.25, 0.3) is 5.91 Å². The maximum atomic E-state index is 12.7. The summed E-state index contributed by atoms with van der Waals surface area (Å²) in [6.45, 7) is 4.30. The molecule has 2 amide bonds. The third-order valence-electron chi connectivity index (χ3n) is 4.69. The number of aliphatic imine (C=N–C) groups is 1. The molecule has 2 aliphatic rings. The molecular weight excluding hydrogens is 358 g/mol. The number of amides is 2. The van der Waals surface area contributed by atoms with Crippen LogP contribution in [0, 0.1) is 0 Å². The lowest BCUT2D eigenvalue weighted by Crippen LogP contribution is -2.48. The molecular formula is C18H22ClN3O2S. The van der Waals surface area contributed by atoms with Gasteiger partial charge in [-0.25, -0.2) is 0 Å². The first-order chi connectivity index (χ1) is 12.0. The molecule has 0 spiro atoms. The number of halogens is 1. The van der Waals surface area contributed by atoms with Crippen molar-refractivity contribution in [3.8, 4) is 0 Å². The van der Waals surface area contributed by atoms with Gasteiger partial charge >= 0.3 is 0 Å². The van der Waals surface area contributed by atoms with Gasteiger partial charge in [-0.3, -0.25) is 19.5 Å². The van der Waals surface area contributed by atoms with Gasteiger partial charge in [-0.05, 0) is 45.2 Å². The van der Waals surface area contributed by atoms with Gasteiger partial charge in [0.1, 0.15) is 6.54 Å². The number of likely N-dealkylation sites (tertiary alicyclic amines) is 1. The summed E-state index contributed by atoms with van der Waals surface area (Å²) in [6, 6.07) is 7.72. The van der Waals surface area contributed by atoms with Gasteiger partial charge in [-0.15, -0.1) is 0 Å². The number of carbonyl (C=O) groups excluding carboxylic acids is 2. The van der Waals surface area contributed by atoms with Crippen LogP contribution in [0.15, 0.2) is 29.3 Å². The Morgan fingerprint density at radius 3 is 2.64 bits per heavy atom. The fourth-order valence-electron chi connectivity index (χ4n) is 3.48. The highest BCUT2D eigenvalue weighted by Gasteiger charge is 2.32. The maximum Gasteiger partial charge on any atom is 0.254 e. The molecule has 0 N–H and O–H groups in total. The van der Waals surface area contributed by atoms with Crippen LogP contribution in [0.4, 0.5) is 5.69 Å². The number of nitrogens with zero attached hydrogens (tertiary/aromatic N) is 3. The van der Waals surface area contributed by atoms with Crippen molar-refractivity contribution >= 4 is 46.0 Å². The molecule has 1 saturated heterocycles. The molecule has 25 heavy (non-hydrogen) atoms. The van der Waals surface area contributed by atoms with Crippen LogP contribution in [0.3, 0.4) is 0 Å². The second-order valence-corrected chi connectivity index (χ2v) is 7.85. The van der Waals surface area contributed by atoms with E-state index in [-0.39, 0.29) is 36.2 Å². The average Bonchev–Trinajstić information content (AvgIpc) is 2.94. The van der Waals surface area contributed by atoms with E-state index in [1.165, 1.54) is 23.1 Å². The molecule has 0 aliphatic carbocycles. The molecule has 2 heterocycles. The first-order valence-electron chi connectivity index (χ1n) is 8.55. The lowest BCUT2D eigenvalue weighted by Gasteiger charge is -2.39. The number of carbonyl (C=O) groups is 2. The lowest BCUT2D eigenvalue weighted by molar-refractivity contribution is -0.134. The Hall–Kier alpha value is -1.53. The topological polar surface area (TPSA) is 53.0 Å². The number of piperidine rings is 1. The molecule has 2 atom stereocenters. The minimum Gasteiger partial charge on any atom is -0.337 e. The summed E-state index contributed by atoms with van der Waals surface area (Å²) in [5.74, 6) is 0.260. The number of hydrogen-bond acceptors (Lipinski definition) is 4. The Morgan fingerprint density at radius 1 is 1.28 bits per heavy atom. The predicted octanol–water partition coefficient (Wildman–Crippen LogP) is 3.57. The van der Waals surface area contributed by atoms with Crippen LogP contribution in [0.2, 0.25) is 5.02 Å². The Bertz CT molecular complexity index is 699. The van der Waals surface area contributed by atoms with Gasteiger partial charge in [-0.1, -0.05) is 35.5 Å². The highest BCUT2D eigenvalue weighted by atomic mass is 35.5. The molecule has 1 aromatic rings. The predicted molar refractivity (Wildman–Crippen MR) is 103 cm³/mol. The molecule has 5 nitrogen and oxygen atoms in total. The Labute approximate surface area is 157 Å². The highest BCUT2D eigenvalue weighted by molar-refractivity contribution is 8.14. The summed E-state index contributed by atoms with van der Waals surface area (Å²) < 4.78 is 0. The number of hydrogen-bond donors (Lipinski definition) is 0. The van der Waals surface area contributed by atoms with Crippen molar-refractivity contribution in [3.05, 3.63) is 29.3 Å². The SMILES string of the molecule is C[C@@H]1CCC[C@H](C)N1C(=O)CSC1=NCC(=O)N1c1ccccc1Cl. The minimum atomic E-state index is -0.122. The fourth-order valence-corrected chi connectivity index (χ4v) is 4.58. The van der Waals surface area contributed by atoms with Crippen LogP contribution in [0.1, 0.15) is 33.1 Å². The molecule has 0 unspecified atom stereocenters. The molecule has 1 aromatic carbocycles. The molecule has 2 aliphatic heterocycles. The van der Waals surface area contributed by atoms with Crippen molar-refractivity contribution in [1.29, 1.82) is 0 Å². The van der Waals surface area contributed by atoms with Crippen molar-refractivity contribution in [3.63, 3.8) is 0 Å². The summed E-state index contributed by atoms with van der Waals surface area (Å²) in [7, 11) is 0. The second kappa shape index (κ2) is 7.79. The number of benzene rings is 1. The molecule has 134 valence electrons. The minimum absolute atomic E-state index is 0.0955. The van der Waals surface area contributed by atoms with Crippen LogP contribution in [0.5, 0.6) is 0 Å². The van der Waals surface area contributed by atoms with E-state index in [0.717, 1.165) is 12.8 Å². The smallest absolute Gasteiger partial charge is 0.254 e. The zero-order valence-corrected chi connectivity index (χ0v) is 16.0. The number of anilines is 1. The molecule has 0 saturated carbocycles. The first kappa shape index (κ1) is 18.3. The van der Waals surface area contributed by atoms with E-state index >= 15 is 0 Å². The summed E-state index contributed by atoms with van der Waals surface area (Å²) in [5.41, 5.74) is 0.616. The normalized spacial score (nSPS) is 23.8. The van der Waals surface area contributed by atoms with Crippen molar-refractivity contribution in [2.24, 2.45) is 4.99 Å². The zero-order valence-electron chi connectivity index (χ0n) is 14.4. The van der Waals surface area contributed by atoms with E-state index in [0.29, 0.717) is 15.9 Å². The summed E-state index contributed by atoms with van der Waals surface area (Å²) in [5, 5.41) is 1.04. The van der Waals surface area contributed by atoms with E-state index in [1.807, 2.05) is 17.0 Å². The Balaban J connectivity index is 1.69. The van der Waals surface area contributed by atoms with Gasteiger partial charge in [0, 0.05) is 12.1 Å². The highest BCUT2D eigenvalue weighted by Crippen LogP contribution is 2.31. The van der Waals surface area contributed by atoms with Gasteiger partial charge in [-0.2, -0.15) is 0 Å². The maximum absolute atomic E-state index is 12.7. The molecule has 1 fully saturated rings. The van der Waals surface area contributed by atoms with Gasteiger partial charge in [0.2, 0.25) is 5.91 Å². The number of amidine groups is 1. The van der Waals surface area contributed by atoms with Crippen LogP contribution < -0.4 is 4.90 Å². The molecule has 0 bridgehead atoms. The van der Waals surface area contributed by atoms with Crippen LogP contribution in [0.25, 0.3) is 0 Å². The van der Waals surface area contributed by atoms with Crippen molar-refractivity contribution in [2.75, 3.05) is 17.2 Å². The van der Waals surface area contributed by atoms with Crippen molar-refractivity contribution < 1.29 is 9.59 Å². The van der Waals surface area contributed by atoms with Gasteiger partial charge in [0.15, 0.2) is 5.17 Å².